The molecule has 1 unspecified atom stereocenters. The number of benzene rings is 2. The third-order valence-corrected chi connectivity index (χ3v) is 5.05. The Balaban J connectivity index is 1.99. The second-order valence-electron chi connectivity index (χ2n) is 6.89. The maximum atomic E-state index is 12.9. The largest absolute Gasteiger partial charge is 0.480 e. The molecule has 0 aliphatic carbocycles. The standard InChI is InChI=1S/C24H23O5P/c1-15-13-16(2)23(24-22(15)18(11-12-25)14-21(27)28-24)19(26)9-5-3-7-17-8-4-6-10-20(17)29-30/h3-10,13-14,25H,11-12,30H2,1-2H3/b7-3+,9-5+. The molecule has 0 radical (unpaired) electrons. The Morgan fingerprint density at radius 3 is 2.67 bits per heavy atom. The molecule has 0 amide bonds. The number of aliphatic hydroxyl groups is 1. The van der Waals surface area contributed by atoms with Crippen molar-refractivity contribution in [3.63, 3.8) is 0 Å². The maximum absolute atomic E-state index is 12.9. The molecule has 1 N–H and O–H groups in total. The summed E-state index contributed by atoms with van der Waals surface area (Å²) < 4.78 is 10.7. The van der Waals surface area contributed by atoms with Crippen molar-refractivity contribution in [2.24, 2.45) is 0 Å². The van der Waals surface area contributed by atoms with Crippen LogP contribution in [0.15, 0.2) is 63.8 Å². The Bertz CT molecular complexity index is 1200. The van der Waals surface area contributed by atoms with Crippen molar-refractivity contribution < 1.29 is 18.8 Å². The van der Waals surface area contributed by atoms with E-state index in [0.717, 1.165) is 16.7 Å². The highest BCUT2D eigenvalue weighted by atomic mass is 31.0. The lowest BCUT2D eigenvalue weighted by Crippen LogP contribution is -2.08. The third-order valence-electron chi connectivity index (χ3n) is 4.80. The van der Waals surface area contributed by atoms with Crippen LogP contribution in [0, 0.1) is 13.8 Å². The molecular formula is C24H23O5P. The van der Waals surface area contributed by atoms with E-state index < -0.39 is 5.63 Å². The van der Waals surface area contributed by atoms with E-state index in [1.165, 1.54) is 12.1 Å². The molecule has 0 aliphatic heterocycles. The molecule has 0 saturated heterocycles. The van der Waals surface area contributed by atoms with Crippen LogP contribution in [0.1, 0.15) is 32.6 Å². The van der Waals surface area contributed by atoms with E-state index in [0.29, 0.717) is 28.7 Å². The van der Waals surface area contributed by atoms with Crippen LogP contribution < -0.4 is 10.1 Å². The number of aliphatic hydroxyl groups excluding tert-OH is 1. The molecule has 1 aromatic heterocycles. The smallest absolute Gasteiger partial charge is 0.336 e. The van der Waals surface area contributed by atoms with Gasteiger partial charge in [-0.1, -0.05) is 42.5 Å². The summed E-state index contributed by atoms with van der Waals surface area (Å²) in [6.07, 6.45) is 6.98. The summed E-state index contributed by atoms with van der Waals surface area (Å²) in [6, 6.07) is 10.8. The first-order valence-corrected chi connectivity index (χ1v) is 9.96. The summed E-state index contributed by atoms with van der Waals surface area (Å²) in [5.41, 5.74) is 3.25. The highest BCUT2D eigenvalue weighted by molar-refractivity contribution is 7.10. The normalized spacial score (nSPS) is 11.6. The van der Waals surface area contributed by atoms with E-state index in [9.17, 15) is 14.7 Å². The van der Waals surface area contributed by atoms with Crippen LogP contribution in [0.25, 0.3) is 17.0 Å². The fourth-order valence-corrected chi connectivity index (χ4v) is 3.75. The Morgan fingerprint density at radius 2 is 1.93 bits per heavy atom. The van der Waals surface area contributed by atoms with Crippen LogP contribution >= 0.6 is 9.47 Å². The van der Waals surface area contributed by atoms with Crippen LogP contribution in [0.3, 0.4) is 0 Å². The molecule has 1 atom stereocenters. The number of ketones is 1. The number of carbonyl (C=O) groups excluding carboxylic acids is 1. The number of allylic oxidation sites excluding steroid dienone is 3. The molecule has 0 saturated carbocycles. The van der Waals surface area contributed by atoms with Crippen LogP contribution in [-0.2, 0) is 6.42 Å². The van der Waals surface area contributed by atoms with Gasteiger partial charge in [-0.05, 0) is 49.1 Å². The van der Waals surface area contributed by atoms with Gasteiger partial charge in [0.15, 0.2) is 5.78 Å². The number of hydrogen-bond donors (Lipinski definition) is 1. The fraction of sp³-hybridized carbons (Fsp3) is 0.167. The van der Waals surface area contributed by atoms with Gasteiger partial charge in [0.25, 0.3) is 0 Å². The van der Waals surface area contributed by atoms with Gasteiger partial charge in [-0.3, -0.25) is 4.79 Å². The first-order chi connectivity index (χ1) is 14.5. The Kier molecular flexibility index (Phi) is 6.99. The minimum absolute atomic E-state index is 0.0959. The predicted molar refractivity (Wildman–Crippen MR) is 122 cm³/mol. The van der Waals surface area contributed by atoms with Gasteiger partial charge < -0.3 is 14.0 Å². The summed E-state index contributed by atoms with van der Waals surface area (Å²) in [5, 5.41) is 10.0. The Morgan fingerprint density at radius 1 is 1.17 bits per heavy atom. The molecule has 30 heavy (non-hydrogen) atoms. The van der Waals surface area contributed by atoms with Gasteiger partial charge in [0, 0.05) is 23.6 Å². The van der Waals surface area contributed by atoms with Crippen molar-refractivity contribution in [1.29, 1.82) is 0 Å². The van der Waals surface area contributed by atoms with Gasteiger partial charge in [0.05, 0.1) is 15.0 Å². The molecule has 6 heteroatoms. The molecule has 0 bridgehead atoms. The lowest BCUT2D eigenvalue weighted by atomic mass is 9.94. The van der Waals surface area contributed by atoms with E-state index in [-0.39, 0.29) is 18.0 Å². The summed E-state index contributed by atoms with van der Waals surface area (Å²) in [7, 11) is 2.21. The minimum atomic E-state index is -0.539. The van der Waals surface area contributed by atoms with Crippen molar-refractivity contribution in [3.05, 3.63) is 92.9 Å². The minimum Gasteiger partial charge on any atom is -0.480 e. The second-order valence-corrected chi connectivity index (χ2v) is 7.13. The van der Waals surface area contributed by atoms with Crippen molar-refractivity contribution in [2.45, 2.75) is 20.3 Å². The highest BCUT2D eigenvalue weighted by Crippen LogP contribution is 2.28. The first kappa shape index (κ1) is 21.7. The topological polar surface area (TPSA) is 76.7 Å². The predicted octanol–water partition coefficient (Wildman–Crippen LogP) is 4.57. The number of hydrogen-bond acceptors (Lipinski definition) is 5. The van der Waals surface area contributed by atoms with Gasteiger partial charge in [0.2, 0.25) is 0 Å². The SMILES string of the molecule is Cc1cc(C)c2c(CCO)cc(=O)oc2c1C(=O)/C=C/C=C/c1ccccc1OP. The van der Waals surface area contributed by atoms with E-state index >= 15 is 0 Å². The summed E-state index contributed by atoms with van der Waals surface area (Å²) >= 11 is 0. The van der Waals surface area contributed by atoms with E-state index in [1.54, 1.807) is 12.2 Å². The lowest BCUT2D eigenvalue weighted by Gasteiger charge is -2.12. The average Bonchev–Trinajstić information content (AvgIpc) is 2.71. The lowest BCUT2D eigenvalue weighted by molar-refractivity contribution is 0.104. The van der Waals surface area contributed by atoms with E-state index in [2.05, 4.69) is 9.47 Å². The number of aryl methyl sites for hydroxylation is 2. The van der Waals surface area contributed by atoms with Crippen molar-refractivity contribution in [2.75, 3.05) is 6.61 Å². The van der Waals surface area contributed by atoms with Crippen molar-refractivity contribution in [1.82, 2.24) is 0 Å². The van der Waals surface area contributed by atoms with E-state index in [1.807, 2.05) is 50.3 Å². The zero-order valence-electron chi connectivity index (χ0n) is 16.8. The van der Waals surface area contributed by atoms with Gasteiger partial charge >= 0.3 is 5.63 Å². The summed E-state index contributed by atoms with van der Waals surface area (Å²) in [4.78, 5) is 25.0. The van der Waals surface area contributed by atoms with Crippen molar-refractivity contribution in [3.8, 4) is 5.75 Å². The molecule has 2 aromatic carbocycles. The maximum Gasteiger partial charge on any atom is 0.336 e. The zero-order chi connectivity index (χ0) is 21.7. The Hall–Kier alpha value is -3.01. The second kappa shape index (κ2) is 9.66. The van der Waals surface area contributed by atoms with Crippen LogP contribution in [0.2, 0.25) is 0 Å². The number of carbonyl (C=O) groups is 1. The fourth-order valence-electron chi connectivity index (χ4n) is 3.53. The highest BCUT2D eigenvalue weighted by Gasteiger charge is 2.18. The number of para-hydroxylation sites is 1. The summed E-state index contributed by atoms with van der Waals surface area (Å²) in [5.74, 6) is 0.444. The quantitative estimate of drug-likeness (QED) is 0.199. The number of rotatable bonds is 7. The number of fused-ring (bicyclic) bond motifs is 1. The molecule has 154 valence electrons. The zero-order valence-corrected chi connectivity index (χ0v) is 18.0. The van der Waals surface area contributed by atoms with Gasteiger partial charge in [-0.15, -0.1) is 0 Å². The molecule has 5 nitrogen and oxygen atoms in total. The van der Waals surface area contributed by atoms with Crippen LogP contribution in [-0.4, -0.2) is 17.5 Å². The monoisotopic (exact) mass is 422 g/mol. The van der Waals surface area contributed by atoms with Gasteiger partial charge in [0.1, 0.15) is 11.3 Å². The third kappa shape index (κ3) is 4.59. The average molecular weight is 422 g/mol. The van der Waals surface area contributed by atoms with Crippen LogP contribution in [0.5, 0.6) is 5.75 Å². The molecule has 3 rings (SSSR count). The van der Waals surface area contributed by atoms with Gasteiger partial charge in [-0.2, -0.15) is 0 Å². The van der Waals surface area contributed by atoms with Gasteiger partial charge in [-0.25, -0.2) is 4.79 Å². The molecule has 0 spiro atoms. The first-order valence-electron chi connectivity index (χ1n) is 9.49. The van der Waals surface area contributed by atoms with Crippen molar-refractivity contribution >= 4 is 32.3 Å². The molecule has 3 aromatic rings. The summed E-state index contributed by atoms with van der Waals surface area (Å²) in [6.45, 7) is 3.62. The van der Waals surface area contributed by atoms with E-state index in [4.69, 9.17) is 8.94 Å². The molecular weight excluding hydrogens is 399 g/mol. The molecule has 0 fully saturated rings. The Labute approximate surface area is 177 Å². The molecule has 1 heterocycles. The molecule has 0 aliphatic rings. The van der Waals surface area contributed by atoms with Crippen LogP contribution in [0.4, 0.5) is 0 Å².